The Balaban J connectivity index is 2.01. The van der Waals surface area contributed by atoms with Gasteiger partial charge >= 0.3 is 5.97 Å². The first-order valence-corrected chi connectivity index (χ1v) is 8.24. The first kappa shape index (κ1) is 16.3. The van der Waals surface area contributed by atoms with Gasteiger partial charge in [-0.25, -0.2) is 14.4 Å². The first-order chi connectivity index (χ1) is 11.6. The Bertz CT molecular complexity index is 864. The quantitative estimate of drug-likeness (QED) is 0.663. The van der Waals surface area contributed by atoms with Crippen LogP contribution in [0.3, 0.4) is 0 Å². The standard InChI is InChI=1S/C17H16FN3O2S/c1-21(8-7-14(22)23-2)16-15-13(9-24-17(15)20-10-19-16)11-3-5-12(18)6-4-11/h3-6,9-10H,7-8H2,1-2H3. The maximum Gasteiger partial charge on any atom is 0.307 e. The van der Waals surface area contributed by atoms with Crippen LogP contribution >= 0.6 is 11.3 Å². The number of nitrogens with zero attached hydrogens (tertiary/aromatic N) is 3. The summed E-state index contributed by atoms with van der Waals surface area (Å²) in [5, 5.41) is 2.89. The van der Waals surface area contributed by atoms with Gasteiger partial charge in [-0.2, -0.15) is 0 Å². The molecule has 0 N–H and O–H groups in total. The molecule has 0 aliphatic rings. The molecule has 2 heterocycles. The number of carbonyl (C=O) groups excluding carboxylic acids is 1. The second-order valence-corrected chi connectivity index (χ2v) is 6.14. The van der Waals surface area contributed by atoms with E-state index >= 15 is 0 Å². The van der Waals surface area contributed by atoms with Crippen molar-refractivity contribution >= 4 is 33.3 Å². The topological polar surface area (TPSA) is 55.3 Å². The summed E-state index contributed by atoms with van der Waals surface area (Å²) in [5.74, 6) is 0.200. The summed E-state index contributed by atoms with van der Waals surface area (Å²) in [7, 11) is 3.24. The molecule has 0 bridgehead atoms. The van der Waals surface area contributed by atoms with Crippen LogP contribution in [0.4, 0.5) is 10.2 Å². The van der Waals surface area contributed by atoms with Crippen molar-refractivity contribution in [1.82, 2.24) is 9.97 Å². The van der Waals surface area contributed by atoms with Crippen molar-refractivity contribution in [2.75, 3.05) is 25.6 Å². The molecule has 0 radical (unpaired) electrons. The summed E-state index contributed by atoms with van der Waals surface area (Å²) in [6.45, 7) is 0.484. The predicted octanol–water partition coefficient (Wildman–Crippen LogP) is 3.50. The van der Waals surface area contributed by atoms with Crippen LogP contribution in [0.5, 0.6) is 0 Å². The van der Waals surface area contributed by atoms with Gasteiger partial charge in [-0.15, -0.1) is 11.3 Å². The van der Waals surface area contributed by atoms with Crippen LogP contribution < -0.4 is 4.90 Å². The van der Waals surface area contributed by atoms with Gasteiger partial charge in [0, 0.05) is 24.5 Å². The molecule has 24 heavy (non-hydrogen) atoms. The number of hydrogen-bond acceptors (Lipinski definition) is 6. The smallest absolute Gasteiger partial charge is 0.307 e. The number of carbonyl (C=O) groups is 1. The molecule has 0 fully saturated rings. The Labute approximate surface area is 142 Å². The Morgan fingerprint density at radius 2 is 2.04 bits per heavy atom. The predicted molar refractivity (Wildman–Crippen MR) is 92.7 cm³/mol. The number of esters is 1. The molecule has 3 rings (SSSR count). The van der Waals surface area contributed by atoms with Crippen LogP contribution in [0.2, 0.25) is 0 Å². The van der Waals surface area contributed by atoms with Crippen molar-refractivity contribution in [1.29, 1.82) is 0 Å². The molecule has 0 saturated heterocycles. The number of thiophene rings is 1. The number of fused-ring (bicyclic) bond motifs is 1. The molecule has 0 unspecified atom stereocenters. The van der Waals surface area contributed by atoms with Gasteiger partial charge in [0.05, 0.1) is 18.9 Å². The van der Waals surface area contributed by atoms with Gasteiger partial charge in [0.2, 0.25) is 0 Å². The lowest BCUT2D eigenvalue weighted by molar-refractivity contribution is -0.140. The fourth-order valence-electron chi connectivity index (χ4n) is 2.46. The minimum absolute atomic E-state index is 0.267. The molecule has 0 aliphatic heterocycles. The van der Waals surface area contributed by atoms with E-state index < -0.39 is 0 Å². The highest BCUT2D eigenvalue weighted by Crippen LogP contribution is 2.37. The maximum atomic E-state index is 13.2. The minimum Gasteiger partial charge on any atom is -0.469 e. The average Bonchev–Trinajstić information content (AvgIpc) is 3.04. The largest absolute Gasteiger partial charge is 0.469 e. The normalized spacial score (nSPS) is 10.8. The molecule has 1 aromatic carbocycles. The summed E-state index contributed by atoms with van der Waals surface area (Å²) >= 11 is 1.51. The van der Waals surface area contributed by atoms with Gasteiger partial charge in [-0.1, -0.05) is 12.1 Å². The Kier molecular flexibility index (Phi) is 4.71. The third-order valence-electron chi connectivity index (χ3n) is 3.75. The minimum atomic E-state index is -0.273. The van der Waals surface area contributed by atoms with E-state index in [0.717, 1.165) is 27.2 Å². The first-order valence-electron chi connectivity index (χ1n) is 7.36. The molecule has 0 saturated carbocycles. The zero-order chi connectivity index (χ0) is 17.1. The van der Waals surface area contributed by atoms with Gasteiger partial charge < -0.3 is 9.64 Å². The van der Waals surface area contributed by atoms with Crippen molar-refractivity contribution < 1.29 is 13.9 Å². The lowest BCUT2D eigenvalue weighted by Crippen LogP contribution is -2.22. The fourth-order valence-corrected chi connectivity index (χ4v) is 3.37. The third-order valence-corrected chi connectivity index (χ3v) is 4.63. The van der Waals surface area contributed by atoms with Gasteiger partial charge in [0.15, 0.2) is 0 Å². The van der Waals surface area contributed by atoms with E-state index in [4.69, 9.17) is 0 Å². The summed E-state index contributed by atoms with van der Waals surface area (Å²) in [5.41, 5.74) is 1.86. The number of benzene rings is 1. The summed E-state index contributed by atoms with van der Waals surface area (Å²) in [6, 6.07) is 6.34. The Morgan fingerprint density at radius 3 is 2.75 bits per heavy atom. The second kappa shape index (κ2) is 6.92. The van der Waals surface area contributed by atoms with Gasteiger partial charge in [0.25, 0.3) is 0 Å². The van der Waals surface area contributed by atoms with E-state index in [1.165, 1.54) is 36.9 Å². The van der Waals surface area contributed by atoms with Crippen LogP contribution in [0.25, 0.3) is 21.3 Å². The van der Waals surface area contributed by atoms with E-state index in [0.29, 0.717) is 6.54 Å². The lowest BCUT2D eigenvalue weighted by Gasteiger charge is -2.18. The average molecular weight is 345 g/mol. The van der Waals surface area contributed by atoms with E-state index in [1.807, 2.05) is 17.3 Å². The maximum absolute atomic E-state index is 13.2. The van der Waals surface area contributed by atoms with Crippen LogP contribution in [-0.2, 0) is 9.53 Å². The van der Waals surface area contributed by atoms with E-state index in [1.54, 1.807) is 12.1 Å². The van der Waals surface area contributed by atoms with E-state index in [-0.39, 0.29) is 18.2 Å². The highest BCUT2D eigenvalue weighted by Gasteiger charge is 2.16. The van der Waals surface area contributed by atoms with Crippen molar-refractivity contribution in [3.8, 4) is 11.1 Å². The van der Waals surface area contributed by atoms with Gasteiger partial charge in [0.1, 0.15) is 22.8 Å². The highest BCUT2D eigenvalue weighted by molar-refractivity contribution is 7.17. The van der Waals surface area contributed by atoms with E-state index in [9.17, 15) is 9.18 Å². The highest BCUT2D eigenvalue weighted by atomic mass is 32.1. The van der Waals surface area contributed by atoms with Crippen LogP contribution in [0.15, 0.2) is 36.0 Å². The number of hydrogen-bond donors (Lipinski definition) is 0. The van der Waals surface area contributed by atoms with Crippen molar-refractivity contribution in [3.05, 3.63) is 41.8 Å². The number of anilines is 1. The number of halogens is 1. The van der Waals surface area contributed by atoms with E-state index in [2.05, 4.69) is 14.7 Å². The number of methoxy groups -OCH3 is 1. The summed E-state index contributed by atoms with van der Waals surface area (Å²) in [4.78, 5) is 22.8. The zero-order valence-corrected chi connectivity index (χ0v) is 14.1. The molecule has 124 valence electrons. The van der Waals surface area contributed by atoms with Crippen molar-refractivity contribution in [2.45, 2.75) is 6.42 Å². The SMILES string of the molecule is COC(=O)CCN(C)c1ncnc2scc(-c3ccc(F)cc3)c12. The number of aromatic nitrogens is 2. The molecule has 3 aromatic rings. The zero-order valence-electron chi connectivity index (χ0n) is 13.3. The summed E-state index contributed by atoms with van der Waals surface area (Å²) in [6.07, 6.45) is 1.78. The molecule has 0 atom stereocenters. The fraction of sp³-hybridized carbons (Fsp3) is 0.235. The van der Waals surface area contributed by atoms with Crippen LogP contribution in [0.1, 0.15) is 6.42 Å². The second-order valence-electron chi connectivity index (χ2n) is 5.28. The van der Waals surface area contributed by atoms with Crippen molar-refractivity contribution in [2.24, 2.45) is 0 Å². The molecular formula is C17H16FN3O2S. The molecule has 5 nitrogen and oxygen atoms in total. The number of ether oxygens (including phenoxy) is 1. The molecule has 0 spiro atoms. The molecule has 0 aliphatic carbocycles. The Morgan fingerprint density at radius 1 is 1.29 bits per heavy atom. The monoisotopic (exact) mass is 345 g/mol. The summed E-state index contributed by atoms with van der Waals surface area (Å²) < 4.78 is 17.9. The molecular weight excluding hydrogens is 329 g/mol. The number of rotatable bonds is 5. The van der Waals surface area contributed by atoms with Crippen LogP contribution in [-0.4, -0.2) is 36.6 Å². The molecule has 2 aromatic heterocycles. The third kappa shape index (κ3) is 3.21. The van der Waals surface area contributed by atoms with Crippen molar-refractivity contribution in [3.63, 3.8) is 0 Å². The molecule has 0 amide bonds. The van der Waals surface area contributed by atoms with Gasteiger partial charge in [-0.3, -0.25) is 4.79 Å². The van der Waals surface area contributed by atoms with Crippen LogP contribution in [0, 0.1) is 5.82 Å². The molecule has 7 heteroatoms. The lowest BCUT2D eigenvalue weighted by atomic mass is 10.1. The Hall–Kier alpha value is -2.54. The van der Waals surface area contributed by atoms with Gasteiger partial charge in [-0.05, 0) is 17.7 Å².